The summed E-state index contributed by atoms with van der Waals surface area (Å²) < 4.78 is 24.5. The summed E-state index contributed by atoms with van der Waals surface area (Å²) in [6.45, 7) is 6.03. The summed E-state index contributed by atoms with van der Waals surface area (Å²) in [5, 5.41) is 3.01. The van der Waals surface area contributed by atoms with Crippen LogP contribution in [0.15, 0.2) is 24.3 Å². The Hall–Kier alpha value is -1.46. The maximum absolute atomic E-state index is 13.6. The van der Waals surface area contributed by atoms with E-state index in [4.69, 9.17) is 9.47 Å². The Balaban J connectivity index is 2.11. The highest BCUT2D eigenvalue weighted by Gasteiger charge is 2.35. The summed E-state index contributed by atoms with van der Waals surface area (Å²) in [6, 6.07) is 6.66. The van der Waals surface area contributed by atoms with Gasteiger partial charge in [-0.2, -0.15) is 0 Å². The van der Waals surface area contributed by atoms with Crippen molar-refractivity contribution in [2.24, 2.45) is 0 Å². The van der Waals surface area contributed by atoms with Crippen LogP contribution in [0, 0.1) is 5.82 Å². The maximum Gasteiger partial charge on any atom is 0.249 e. The zero-order valence-corrected chi connectivity index (χ0v) is 13.9. The Morgan fingerprint density at radius 3 is 2.74 bits per heavy atom. The molecule has 1 amide bonds. The second kappa shape index (κ2) is 8.41. The molecule has 1 heterocycles. The monoisotopic (exact) mass is 323 g/mol. The van der Waals surface area contributed by atoms with Crippen LogP contribution in [0.25, 0.3) is 0 Å². The van der Waals surface area contributed by atoms with Gasteiger partial charge >= 0.3 is 0 Å². The Morgan fingerprint density at radius 1 is 1.39 bits per heavy atom. The number of carbonyl (C=O) groups excluding carboxylic acids is 1. The SMILES string of the molecule is CCO[C@H](CC)C(=O)NCC1(c2cccc(F)c2)CCOCC1. The minimum atomic E-state index is -0.426. The van der Waals surface area contributed by atoms with Gasteiger partial charge in [0.15, 0.2) is 0 Å². The molecule has 0 aliphatic carbocycles. The molecule has 128 valence electrons. The Morgan fingerprint density at radius 2 is 2.13 bits per heavy atom. The normalized spacial score (nSPS) is 18.4. The molecule has 0 unspecified atom stereocenters. The lowest BCUT2D eigenvalue weighted by Crippen LogP contribution is -2.47. The van der Waals surface area contributed by atoms with Gasteiger partial charge in [-0.15, -0.1) is 0 Å². The number of benzene rings is 1. The van der Waals surface area contributed by atoms with E-state index in [9.17, 15) is 9.18 Å². The standard InChI is InChI=1S/C18H26FNO3/c1-3-16(23-4-2)17(21)20-13-18(8-10-22-11-9-18)14-6-5-7-15(19)12-14/h5-7,12,16H,3-4,8-11,13H2,1-2H3,(H,20,21)/t16-/m1/s1. The van der Waals surface area contributed by atoms with Gasteiger partial charge in [-0.25, -0.2) is 4.39 Å². The van der Waals surface area contributed by atoms with Gasteiger partial charge < -0.3 is 14.8 Å². The van der Waals surface area contributed by atoms with Crippen LogP contribution in [0.5, 0.6) is 0 Å². The second-order valence-corrected chi connectivity index (χ2v) is 5.97. The number of carbonyl (C=O) groups is 1. The van der Waals surface area contributed by atoms with Crippen molar-refractivity contribution in [2.75, 3.05) is 26.4 Å². The highest BCUT2D eigenvalue weighted by atomic mass is 19.1. The summed E-state index contributed by atoms with van der Waals surface area (Å²) in [4.78, 5) is 12.3. The van der Waals surface area contributed by atoms with Crippen LogP contribution in [-0.2, 0) is 19.7 Å². The molecule has 1 aromatic rings. The first-order valence-electron chi connectivity index (χ1n) is 8.34. The van der Waals surface area contributed by atoms with E-state index in [0.29, 0.717) is 32.8 Å². The summed E-state index contributed by atoms with van der Waals surface area (Å²) in [5.74, 6) is -0.350. The van der Waals surface area contributed by atoms with Crippen LogP contribution >= 0.6 is 0 Å². The topological polar surface area (TPSA) is 47.6 Å². The molecule has 0 aromatic heterocycles. The highest BCUT2D eigenvalue weighted by molar-refractivity contribution is 5.80. The van der Waals surface area contributed by atoms with Gasteiger partial charge in [-0.05, 0) is 43.9 Å². The number of rotatable bonds is 7. The van der Waals surface area contributed by atoms with E-state index < -0.39 is 6.10 Å². The molecule has 1 saturated heterocycles. The zero-order chi connectivity index (χ0) is 16.7. The zero-order valence-electron chi connectivity index (χ0n) is 13.9. The largest absolute Gasteiger partial charge is 0.381 e. The predicted octanol–water partition coefficient (Wildman–Crippen LogP) is 2.81. The van der Waals surface area contributed by atoms with Crippen molar-refractivity contribution in [1.29, 1.82) is 0 Å². The van der Waals surface area contributed by atoms with Crippen LogP contribution in [-0.4, -0.2) is 38.4 Å². The fraction of sp³-hybridized carbons (Fsp3) is 0.611. The van der Waals surface area contributed by atoms with Gasteiger partial charge in [0.1, 0.15) is 11.9 Å². The minimum absolute atomic E-state index is 0.100. The van der Waals surface area contributed by atoms with Crippen LogP contribution in [0.1, 0.15) is 38.7 Å². The van der Waals surface area contributed by atoms with E-state index in [2.05, 4.69) is 5.32 Å². The summed E-state index contributed by atoms with van der Waals surface area (Å²) in [7, 11) is 0. The third-order valence-corrected chi connectivity index (χ3v) is 4.52. The molecule has 1 aliphatic heterocycles. The number of hydrogen-bond acceptors (Lipinski definition) is 3. The van der Waals surface area contributed by atoms with Gasteiger partial charge in [-0.1, -0.05) is 19.1 Å². The quantitative estimate of drug-likeness (QED) is 0.839. The van der Waals surface area contributed by atoms with Crippen molar-refractivity contribution in [2.45, 2.75) is 44.6 Å². The lowest BCUT2D eigenvalue weighted by Gasteiger charge is -2.38. The summed E-state index contributed by atoms with van der Waals surface area (Å²) >= 11 is 0. The summed E-state index contributed by atoms with van der Waals surface area (Å²) in [6.07, 6.45) is 1.74. The number of ether oxygens (including phenoxy) is 2. The molecule has 0 saturated carbocycles. The van der Waals surface area contributed by atoms with Gasteiger partial charge in [0, 0.05) is 31.8 Å². The minimum Gasteiger partial charge on any atom is -0.381 e. The van der Waals surface area contributed by atoms with Crippen LogP contribution in [0.3, 0.4) is 0 Å². The summed E-state index contributed by atoms with van der Waals surface area (Å²) in [5.41, 5.74) is 0.645. The molecule has 23 heavy (non-hydrogen) atoms. The van der Waals surface area contributed by atoms with E-state index in [1.807, 2.05) is 19.9 Å². The van der Waals surface area contributed by atoms with E-state index in [1.54, 1.807) is 12.1 Å². The van der Waals surface area contributed by atoms with Gasteiger partial charge in [-0.3, -0.25) is 4.79 Å². The molecule has 1 aromatic carbocycles. The maximum atomic E-state index is 13.6. The van der Waals surface area contributed by atoms with Crippen molar-refractivity contribution in [3.63, 3.8) is 0 Å². The van der Waals surface area contributed by atoms with Crippen molar-refractivity contribution in [1.82, 2.24) is 5.32 Å². The van der Waals surface area contributed by atoms with Crippen LogP contribution < -0.4 is 5.32 Å². The van der Waals surface area contributed by atoms with E-state index in [0.717, 1.165) is 18.4 Å². The lowest BCUT2D eigenvalue weighted by atomic mass is 9.74. The number of hydrogen-bond donors (Lipinski definition) is 1. The van der Waals surface area contributed by atoms with Crippen molar-refractivity contribution >= 4 is 5.91 Å². The number of amides is 1. The third kappa shape index (κ3) is 4.52. The predicted molar refractivity (Wildman–Crippen MR) is 86.8 cm³/mol. The first kappa shape index (κ1) is 17.9. The van der Waals surface area contributed by atoms with Crippen molar-refractivity contribution in [3.05, 3.63) is 35.6 Å². The van der Waals surface area contributed by atoms with Gasteiger partial charge in [0.05, 0.1) is 0 Å². The Bertz CT molecular complexity index is 515. The lowest BCUT2D eigenvalue weighted by molar-refractivity contribution is -0.133. The first-order chi connectivity index (χ1) is 11.1. The first-order valence-corrected chi connectivity index (χ1v) is 8.34. The Kier molecular flexibility index (Phi) is 6.54. The molecule has 2 rings (SSSR count). The average Bonchev–Trinajstić information content (AvgIpc) is 2.58. The van der Waals surface area contributed by atoms with E-state index in [1.165, 1.54) is 6.07 Å². The van der Waals surface area contributed by atoms with Crippen molar-refractivity contribution in [3.8, 4) is 0 Å². The molecule has 5 heteroatoms. The molecular formula is C18H26FNO3. The van der Waals surface area contributed by atoms with E-state index in [-0.39, 0.29) is 17.1 Å². The molecule has 1 fully saturated rings. The molecule has 0 spiro atoms. The van der Waals surface area contributed by atoms with Crippen molar-refractivity contribution < 1.29 is 18.7 Å². The van der Waals surface area contributed by atoms with E-state index >= 15 is 0 Å². The van der Waals surface area contributed by atoms with Gasteiger partial charge in [0.25, 0.3) is 0 Å². The Labute approximate surface area is 137 Å². The molecule has 1 atom stereocenters. The molecule has 4 nitrogen and oxygen atoms in total. The molecule has 0 radical (unpaired) electrons. The fourth-order valence-electron chi connectivity index (χ4n) is 3.10. The average molecular weight is 323 g/mol. The molecular weight excluding hydrogens is 297 g/mol. The fourth-order valence-corrected chi connectivity index (χ4v) is 3.10. The second-order valence-electron chi connectivity index (χ2n) is 5.97. The molecule has 1 N–H and O–H groups in total. The number of halogens is 1. The van der Waals surface area contributed by atoms with Gasteiger partial charge in [0.2, 0.25) is 5.91 Å². The third-order valence-electron chi connectivity index (χ3n) is 4.52. The van der Waals surface area contributed by atoms with Crippen LogP contribution in [0.2, 0.25) is 0 Å². The van der Waals surface area contributed by atoms with Crippen LogP contribution in [0.4, 0.5) is 4.39 Å². The molecule has 0 bridgehead atoms. The smallest absolute Gasteiger partial charge is 0.249 e. The molecule has 1 aliphatic rings. The number of nitrogens with one attached hydrogen (secondary N) is 1. The highest BCUT2D eigenvalue weighted by Crippen LogP contribution is 2.34.